The zero-order valence-electron chi connectivity index (χ0n) is 15.9. The summed E-state index contributed by atoms with van der Waals surface area (Å²) in [5.41, 5.74) is 0.568. The first kappa shape index (κ1) is 22.1. The van der Waals surface area contributed by atoms with E-state index < -0.39 is 33.9 Å². The fourth-order valence-electron chi connectivity index (χ4n) is 2.93. The second-order valence-electron chi connectivity index (χ2n) is 6.21. The molecular weight excluding hydrogens is 450 g/mol. The number of phenols is 1. The number of carbonyl (C=O) groups is 3. The number of sulfone groups is 1. The van der Waals surface area contributed by atoms with Gasteiger partial charge in [0.25, 0.3) is 0 Å². The van der Waals surface area contributed by atoms with Crippen molar-refractivity contribution < 1.29 is 32.6 Å². The molecular formula is C19H17NO7S3. The summed E-state index contributed by atoms with van der Waals surface area (Å²) in [6.45, 7) is 0. The van der Waals surface area contributed by atoms with Crippen molar-refractivity contribution in [3.05, 3.63) is 40.9 Å². The summed E-state index contributed by atoms with van der Waals surface area (Å²) in [4.78, 5) is 36.2. The molecule has 0 unspecified atom stereocenters. The Labute approximate surface area is 181 Å². The van der Waals surface area contributed by atoms with Crippen LogP contribution in [-0.4, -0.2) is 49.4 Å². The van der Waals surface area contributed by atoms with Crippen molar-refractivity contribution in [1.82, 2.24) is 4.90 Å². The molecule has 1 aromatic heterocycles. The van der Waals surface area contributed by atoms with Gasteiger partial charge in [-0.3, -0.25) is 19.3 Å². The molecule has 3 rings (SSSR count). The van der Waals surface area contributed by atoms with Gasteiger partial charge < -0.3 is 9.84 Å². The van der Waals surface area contributed by atoms with Crippen molar-refractivity contribution >= 4 is 56.6 Å². The van der Waals surface area contributed by atoms with Crippen LogP contribution in [0.4, 0.5) is 0 Å². The highest BCUT2D eigenvalue weighted by Gasteiger charge is 2.35. The first-order valence-electron chi connectivity index (χ1n) is 8.50. The molecule has 0 atom stereocenters. The number of benzene rings is 1. The summed E-state index contributed by atoms with van der Waals surface area (Å²) < 4.78 is 30.9. The number of ketones is 1. The summed E-state index contributed by atoms with van der Waals surface area (Å²) in [6.07, 6.45) is 3.59. The number of thiophene rings is 1. The van der Waals surface area contributed by atoms with Crippen molar-refractivity contribution in [2.75, 3.05) is 13.4 Å². The van der Waals surface area contributed by atoms with Crippen LogP contribution in [0.5, 0.6) is 11.5 Å². The summed E-state index contributed by atoms with van der Waals surface area (Å²) in [5, 5.41) is 12.2. The van der Waals surface area contributed by atoms with E-state index >= 15 is 0 Å². The van der Waals surface area contributed by atoms with Gasteiger partial charge in [-0.25, -0.2) is 8.42 Å². The van der Waals surface area contributed by atoms with E-state index in [4.69, 9.17) is 4.74 Å². The van der Waals surface area contributed by atoms with Crippen LogP contribution in [0.25, 0.3) is 6.08 Å². The predicted molar refractivity (Wildman–Crippen MR) is 112 cm³/mol. The molecule has 0 radical (unpaired) electrons. The number of rotatable bonds is 7. The van der Waals surface area contributed by atoms with E-state index in [1.807, 2.05) is 0 Å². The Morgan fingerprint density at radius 2 is 2.07 bits per heavy atom. The molecule has 2 aromatic rings. The molecule has 11 heteroatoms. The highest BCUT2D eigenvalue weighted by molar-refractivity contribution is 7.98. The van der Waals surface area contributed by atoms with Crippen molar-refractivity contribution in [3.63, 3.8) is 0 Å². The van der Waals surface area contributed by atoms with E-state index in [-0.39, 0.29) is 27.0 Å². The van der Waals surface area contributed by atoms with E-state index in [1.165, 1.54) is 37.1 Å². The molecule has 0 aliphatic carbocycles. The quantitative estimate of drug-likeness (QED) is 0.286. The maximum atomic E-state index is 12.8. The Morgan fingerprint density at radius 3 is 2.60 bits per heavy atom. The minimum absolute atomic E-state index is 0.0407. The normalized spacial score (nSPS) is 14.9. The number of ether oxygens (including phenoxy) is 1. The number of aromatic hydroxyl groups is 1. The average Bonchev–Trinajstić information content (AvgIpc) is 3.32. The molecule has 1 aromatic carbocycles. The molecule has 1 aliphatic rings. The molecule has 0 bridgehead atoms. The van der Waals surface area contributed by atoms with Gasteiger partial charge in [-0.1, -0.05) is 6.07 Å². The predicted octanol–water partition coefficient (Wildman–Crippen LogP) is 2.46. The maximum absolute atomic E-state index is 12.8. The number of likely N-dealkylation sites (tertiary alicyclic amines) is 1. The van der Waals surface area contributed by atoms with Crippen LogP contribution in [-0.2, 0) is 30.0 Å². The van der Waals surface area contributed by atoms with Gasteiger partial charge in [0.2, 0.25) is 11.7 Å². The monoisotopic (exact) mass is 467 g/mol. The number of amides is 2. The molecule has 0 saturated carbocycles. The zero-order valence-corrected chi connectivity index (χ0v) is 18.4. The van der Waals surface area contributed by atoms with Crippen LogP contribution < -0.4 is 4.74 Å². The maximum Gasteiger partial charge on any atom is 0.301 e. The van der Waals surface area contributed by atoms with E-state index in [1.54, 1.807) is 17.7 Å². The zero-order chi connectivity index (χ0) is 22.1. The van der Waals surface area contributed by atoms with Crippen LogP contribution >= 0.6 is 23.1 Å². The lowest BCUT2D eigenvalue weighted by atomic mass is 10.1. The second-order valence-corrected chi connectivity index (χ2v) is 10.2. The third-order valence-corrected chi connectivity index (χ3v) is 8.37. The molecule has 2 heterocycles. The molecule has 8 nitrogen and oxygen atoms in total. The van der Waals surface area contributed by atoms with E-state index in [0.717, 1.165) is 17.5 Å². The van der Waals surface area contributed by atoms with E-state index in [2.05, 4.69) is 0 Å². The van der Waals surface area contributed by atoms with Gasteiger partial charge in [0, 0.05) is 16.7 Å². The molecule has 0 spiro atoms. The van der Waals surface area contributed by atoms with Crippen LogP contribution in [0, 0.1) is 0 Å². The van der Waals surface area contributed by atoms with Crippen molar-refractivity contribution in [1.29, 1.82) is 0 Å². The highest BCUT2D eigenvalue weighted by atomic mass is 32.2. The number of carbonyl (C=O) groups excluding carboxylic acids is 3. The fourth-order valence-corrected chi connectivity index (χ4v) is 6.24. The number of phenolic OH excluding ortho intramolecular Hbond substituents is 1. The molecule has 1 fully saturated rings. The van der Waals surface area contributed by atoms with Gasteiger partial charge in [-0.15, -0.1) is 23.1 Å². The third-order valence-electron chi connectivity index (χ3n) is 4.33. The first-order chi connectivity index (χ1) is 14.2. The third kappa shape index (κ3) is 4.13. The molecule has 30 heavy (non-hydrogen) atoms. The largest absolute Gasteiger partial charge is 0.504 e. The highest BCUT2D eigenvalue weighted by Crippen LogP contribution is 2.41. The molecule has 2 amide bonds. The lowest BCUT2D eigenvalue weighted by Crippen LogP contribution is -2.24. The van der Waals surface area contributed by atoms with Gasteiger partial charge in [0.15, 0.2) is 21.3 Å². The summed E-state index contributed by atoms with van der Waals surface area (Å²) in [7, 11) is -2.31. The number of hydrogen-bond acceptors (Lipinski definition) is 9. The molecule has 158 valence electrons. The lowest BCUT2D eigenvalue weighted by Gasteiger charge is -2.16. The van der Waals surface area contributed by atoms with Crippen LogP contribution in [0.2, 0.25) is 0 Å². The molecule has 1 saturated heterocycles. The van der Waals surface area contributed by atoms with Gasteiger partial charge in [-0.05, 0) is 35.4 Å². The standard InChI is InChI=1S/C19H17NO7S3/c1-27-14-8-11(10-30(25,26)16-4-3-7-29-16)18(28-2)12(17(14)23)5-6-20-15(22)9-13(21)19(20)24/h3-8,23H,9-10H2,1-2H3/b6-5+. The Morgan fingerprint density at radius 1 is 1.33 bits per heavy atom. The van der Waals surface area contributed by atoms with Gasteiger partial charge in [0.1, 0.15) is 4.21 Å². The van der Waals surface area contributed by atoms with Crippen LogP contribution in [0.15, 0.2) is 38.9 Å². The Kier molecular flexibility index (Phi) is 6.34. The molecule has 1 aliphatic heterocycles. The second kappa shape index (κ2) is 8.62. The van der Waals surface area contributed by atoms with Crippen molar-refractivity contribution in [2.24, 2.45) is 0 Å². The van der Waals surface area contributed by atoms with Gasteiger partial charge in [-0.2, -0.15) is 0 Å². The van der Waals surface area contributed by atoms with Gasteiger partial charge in [0.05, 0.1) is 19.3 Å². The van der Waals surface area contributed by atoms with Gasteiger partial charge >= 0.3 is 5.91 Å². The average molecular weight is 468 g/mol. The van der Waals surface area contributed by atoms with E-state index in [9.17, 15) is 27.9 Å². The fraction of sp³-hybridized carbons (Fsp3) is 0.211. The van der Waals surface area contributed by atoms with Crippen molar-refractivity contribution in [3.8, 4) is 11.5 Å². The minimum atomic E-state index is -3.63. The first-order valence-corrected chi connectivity index (χ1v) is 12.3. The number of methoxy groups -OCH3 is 1. The Balaban J connectivity index is 2.08. The van der Waals surface area contributed by atoms with Crippen molar-refractivity contribution in [2.45, 2.75) is 21.3 Å². The SMILES string of the molecule is COc1cc(CS(=O)(=O)c2cccs2)c(SC)c(/C=C/N2C(=O)CC(=O)C2=O)c1O. The number of Topliss-reactive ketones (excluding diaryl/α,β-unsaturated/α-hetero) is 1. The molecule has 1 N–H and O–H groups in total. The number of thioether (sulfide) groups is 1. The van der Waals surface area contributed by atoms with Crippen LogP contribution in [0.3, 0.4) is 0 Å². The number of imide groups is 1. The van der Waals surface area contributed by atoms with E-state index in [0.29, 0.717) is 15.4 Å². The number of nitrogens with zero attached hydrogens (tertiary/aromatic N) is 1. The summed E-state index contributed by atoms with van der Waals surface area (Å²) in [6, 6.07) is 4.60. The smallest absolute Gasteiger partial charge is 0.301 e. The summed E-state index contributed by atoms with van der Waals surface area (Å²) >= 11 is 2.30. The number of hydrogen-bond donors (Lipinski definition) is 1. The Bertz CT molecular complexity index is 1150. The minimum Gasteiger partial charge on any atom is -0.504 e. The Hall–Kier alpha value is -2.63. The lowest BCUT2D eigenvalue weighted by molar-refractivity contribution is -0.140. The van der Waals surface area contributed by atoms with Crippen LogP contribution in [0.1, 0.15) is 17.5 Å². The topological polar surface area (TPSA) is 118 Å². The summed E-state index contributed by atoms with van der Waals surface area (Å²) in [5.74, 6) is -3.01.